The molecule has 0 atom stereocenters. The molecule has 1 aliphatic rings. The van der Waals surface area contributed by atoms with E-state index >= 15 is 0 Å². The quantitative estimate of drug-likeness (QED) is 0.350. The molecule has 37 heavy (non-hydrogen) atoms. The van der Waals surface area contributed by atoms with E-state index in [9.17, 15) is 22.4 Å². The number of carbonyl (C=O) groups excluding carboxylic acids is 1. The Balaban J connectivity index is 0.000000304. The molecule has 2 heterocycles. The summed E-state index contributed by atoms with van der Waals surface area (Å²) in [7, 11) is 1.61. The Kier molecular flexibility index (Phi) is 11.2. The number of hydrogen-bond acceptors (Lipinski definition) is 5. The number of ether oxygens (including phenoxy) is 1. The van der Waals surface area contributed by atoms with Gasteiger partial charge < -0.3 is 20.3 Å². The second-order valence-corrected chi connectivity index (χ2v) is 8.27. The van der Waals surface area contributed by atoms with Gasteiger partial charge in [-0.15, -0.1) is 0 Å². The van der Waals surface area contributed by atoms with E-state index in [1.807, 2.05) is 24.3 Å². The van der Waals surface area contributed by atoms with Gasteiger partial charge in [-0.05, 0) is 30.2 Å². The van der Waals surface area contributed by atoms with E-state index in [4.69, 9.17) is 10.5 Å². The van der Waals surface area contributed by atoms with Crippen LogP contribution < -0.4 is 15.4 Å². The van der Waals surface area contributed by atoms with Gasteiger partial charge in [-0.25, -0.2) is 4.39 Å². The van der Waals surface area contributed by atoms with E-state index in [2.05, 4.69) is 41.1 Å². The Bertz CT molecular complexity index is 1120. The van der Waals surface area contributed by atoms with Crippen LogP contribution in [0.3, 0.4) is 0 Å². The molecular formula is C27H32F4N4O2. The van der Waals surface area contributed by atoms with Crippen molar-refractivity contribution in [3.05, 3.63) is 83.4 Å². The fourth-order valence-electron chi connectivity index (χ4n) is 3.60. The number of amides is 1. The summed E-state index contributed by atoms with van der Waals surface area (Å²) in [6, 6.07) is 17.8. The zero-order valence-corrected chi connectivity index (χ0v) is 21.1. The van der Waals surface area contributed by atoms with Crippen molar-refractivity contribution < 1.29 is 27.1 Å². The monoisotopic (exact) mass is 520 g/mol. The van der Waals surface area contributed by atoms with Crippen molar-refractivity contribution in [3.63, 3.8) is 0 Å². The summed E-state index contributed by atoms with van der Waals surface area (Å²) < 4.78 is 49.8. The third-order valence-corrected chi connectivity index (χ3v) is 5.38. The first-order valence-corrected chi connectivity index (χ1v) is 11.7. The normalized spacial score (nSPS) is 12.7. The number of halogens is 4. The molecule has 2 N–H and O–H groups in total. The fourth-order valence-corrected chi connectivity index (χ4v) is 3.60. The number of pyridine rings is 1. The number of nitrogens with two attached hydrogens (primary N) is 1. The number of alkyl halides is 3. The minimum Gasteiger partial charge on any atom is -0.496 e. The van der Waals surface area contributed by atoms with Crippen LogP contribution in [-0.4, -0.2) is 42.7 Å². The lowest BCUT2D eigenvalue weighted by molar-refractivity contribution is -0.118. The zero-order chi connectivity index (χ0) is 27.4. The molecule has 2 aromatic carbocycles. The van der Waals surface area contributed by atoms with Crippen molar-refractivity contribution in [2.45, 2.75) is 39.5 Å². The Labute approximate surface area is 214 Å². The molecule has 0 saturated carbocycles. The smallest absolute Gasteiger partial charge is 0.386 e. The van der Waals surface area contributed by atoms with Crippen LogP contribution in [-0.2, 0) is 24.3 Å². The Hall–Kier alpha value is -3.82. The predicted octanol–water partition coefficient (Wildman–Crippen LogP) is 5.61. The average Bonchev–Trinajstić information content (AvgIpc) is 3.05. The Morgan fingerprint density at radius 2 is 1.78 bits per heavy atom. The van der Waals surface area contributed by atoms with Gasteiger partial charge in [0.05, 0.1) is 37.8 Å². The second kappa shape index (κ2) is 14.1. The molecule has 10 heteroatoms. The maximum atomic E-state index is 13.3. The summed E-state index contributed by atoms with van der Waals surface area (Å²) in [5.41, 5.74) is 9.71. The van der Waals surface area contributed by atoms with Gasteiger partial charge >= 0.3 is 6.18 Å². The summed E-state index contributed by atoms with van der Waals surface area (Å²) in [5.74, 6) is 0.210. The number of fused-ring (bicyclic) bond motifs is 1. The molecule has 0 bridgehead atoms. The molecule has 0 spiro atoms. The predicted molar refractivity (Wildman–Crippen MR) is 137 cm³/mol. The van der Waals surface area contributed by atoms with Gasteiger partial charge in [0.2, 0.25) is 6.41 Å². The lowest BCUT2D eigenvalue weighted by Crippen LogP contribution is -2.30. The molecule has 0 aliphatic carbocycles. The van der Waals surface area contributed by atoms with E-state index in [-0.39, 0.29) is 12.6 Å². The lowest BCUT2D eigenvalue weighted by Gasteiger charge is -2.25. The number of hydrogen-bond donors (Lipinski definition) is 1. The SMILES string of the molecule is CC(F)(F)F.CCc1ccccc1.COc1cccc2c1CN(C=O)CCN2Cc1cc(N)c(F)cn1. The van der Waals surface area contributed by atoms with E-state index in [1.165, 1.54) is 11.6 Å². The number of aryl methyl sites for hydroxylation is 1. The molecule has 1 aliphatic heterocycles. The van der Waals surface area contributed by atoms with Gasteiger partial charge in [-0.1, -0.05) is 43.3 Å². The summed E-state index contributed by atoms with van der Waals surface area (Å²) >= 11 is 0. The summed E-state index contributed by atoms with van der Waals surface area (Å²) in [5, 5.41) is 0. The maximum absolute atomic E-state index is 13.3. The Morgan fingerprint density at radius 3 is 2.32 bits per heavy atom. The van der Waals surface area contributed by atoms with Crippen molar-refractivity contribution in [1.82, 2.24) is 9.88 Å². The van der Waals surface area contributed by atoms with E-state index in [0.717, 1.165) is 36.0 Å². The number of rotatable bonds is 5. The van der Waals surface area contributed by atoms with Crippen LogP contribution in [0.25, 0.3) is 0 Å². The van der Waals surface area contributed by atoms with E-state index in [1.54, 1.807) is 12.0 Å². The summed E-state index contributed by atoms with van der Waals surface area (Å²) in [6.45, 7) is 4.52. The number of carbonyl (C=O) groups is 1. The number of methoxy groups -OCH3 is 1. The molecule has 0 fully saturated rings. The van der Waals surface area contributed by atoms with Crippen molar-refractivity contribution >= 4 is 17.8 Å². The number of aromatic nitrogens is 1. The third kappa shape index (κ3) is 9.98. The van der Waals surface area contributed by atoms with Crippen LogP contribution >= 0.6 is 0 Å². The topological polar surface area (TPSA) is 71.7 Å². The van der Waals surface area contributed by atoms with Crippen molar-refractivity contribution in [2.75, 3.05) is 30.8 Å². The average molecular weight is 521 g/mol. The molecule has 1 amide bonds. The van der Waals surface area contributed by atoms with Gasteiger partial charge in [-0.2, -0.15) is 13.2 Å². The molecule has 6 nitrogen and oxygen atoms in total. The molecular weight excluding hydrogens is 488 g/mol. The standard InChI is InChI=1S/C17H19FN4O2.C8H10.C2H3F3/c1-24-17-4-2-3-16-13(17)10-21(11-23)5-6-22(16)9-12-7-15(19)14(18)8-20-12;1-2-8-6-4-3-5-7-8;1-2(3,4)5/h2-4,7-8,11H,5-6,9-10H2,1H3,(H2,19,20);3-7H,2H2,1H3;1H3. The maximum Gasteiger partial charge on any atom is 0.386 e. The van der Waals surface area contributed by atoms with Crippen LogP contribution in [0.15, 0.2) is 60.8 Å². The number of nitrogen functional groups attached to an aromatic ring is 1. The highest BCUT2D eigenvalue weighted by molar-refractivity contribution is 5.62. The van der Waals surface area contributed by atoms with Gasteiger partial charge in [0.1, 0.15) is 5.75 Å². The van der Waals surface area contributed by atoms with Gasteiger partial charge in [0.25, 0.3) is 0 Å². The van der Waals surface area contributed by atoms with Gasteiger partial charge in [0.15, 0.2) is 5.82 Å². The zero-order valence-electron chi connectivity index (χ0n) is 21.1. The van der Waals surface area contributed by atoms with Crippen molar-refractivity contribution in [2.24, 2.45) is 0 Å². The van der Waals surface area contributed by atoms with Crippen molar-refractivity contribution in [3.8, 4) is 5.75 Å². The molecule has 0 radical (unpaired) electrons. The number of anilines is 2. The summed E-state index contributed by atoms with van der Waals surface area (Å²) in [6.07, 6.45) is -0.888. The highest BCUT2D eigenvalue weighted by Gasteiger charge is 2.22. The minimum absolute atomic E-state index is 0.0789. The first-order chi connectivity index (χ1) is 17.5. The molecule has 1 aromatic heterocycles. The van der Waals surface area contributed by atoms with Crippen LogP contribution in [0.5, 0.6) is 5.75 Å². The highest BCUT2D eigenvalue weighted by Crippen LogP contribution is 2.33. The largest absolute Gasteiger partial charge is 0.496 e. The highest BCUT2D eigenvalue weighted by atomic mass is 19.4. The number of benzene rings is 2. The Morgan fingerprint density at radius 1 is 1.11 bits per heavy atom. The summed E-state index contributed by atoms with van der Waals surface area (Å²) in [4.78, 5) is 19.2. The first kappa shape index (κ1) is 29.4. The van der Waals surface area contributed by atoms with Crippen LogP contribution in [0.4, 0.5) is 28.9 Å². The fraction of sp³-hybridized carbons (Fsp3) is 0.333. The molecule has 0 saturated heterocycles. The second-order valence-electron chi connectivity index (χ2n) is 8.27. The van der Waals surface area contributed by atoms with Crippen molar-refractivity contribution in [1.29, 1.82) is 0 Å². The number of nitrogens with zero attached hydrogens (tertiary/aromatic N) is 3. The van der Waals surface area contributed by atoms with Crippen LogP contribution in [0.2, 0.25) is 0 Å². The lowest BCUT2D eigenvalue weighted by atomic mass is 10.1. The van der Waals surface area contributed by atoms with Gasteiger partial charge in [-0.3, -0.25) is 9.78 Å². The first-order valence-electron chi connectivity index (χ1n) is 11.7. The molecule has 4 rings (SSSR count). The van der Waals surface area contributed by atoms with Gasteiger partial charge in [0, 0.05) is 31.3 Å². The van der Waals surface area contributed by atoms with Crippen LogP contribution in [0, 0.1) is 5.82 Å². The molecule has 3 aromatic rings. The van der Waals surface area contributed by atoms with E-state index < -0.39 is 12.0 Å². The van der Waals surface area contributed by atoms with Crippen LogP contribution in [0.1, 0.15) is 30.7 Å². The third-order valence-electron chi connectivity index (χ3n) is 5.38. The molecule has 0 unspecified atom stereocenters. The van der Waals surface area contributed by atoms with E-state index in [0.29, 0.717) is 31.9 Å². The minimum atomic E-state index is -4.00. The molecule has 200 valence electrons.